The number of hydrogen-bond donors (Lipinski definition) is 0. The van der Waals surface area contributed by atoms with Crippen molar-refractivity contribution in [3.63, 3.8) is 0 Å². The standard InChI is InChI=1S/C24H19ClN2O2S/c1-16-8-12-19(13-9-16)27-23(28)21(26(2)18-6-4-3-5-7-18)22(24(27)29)30-20-14-10-17(25)11-15-20/h3-15H,1-2H3. The summed E-state index contributed by atoms with van der Waals surface area (Å²) in [7, 11) is 1.80. The zero-order chi connectivity index (χ0) is 21.3. The first-order valence-electron chi connectivity index (χ1n) is 9.37. The van der Waals surface area contributed by atoms with E-state index < -0.39 is 0 Å². The number of aryl methyl sites for hydroxylation is 1. The predicted octanol–water partition coefficient (Wildman–Crippen LogP) is 5.66. The molecule has 0 atom stereocenters. The van der Waals surface area contributed by atoms with Crippen LogP contribution >= 0.6 is 23.4 Å². The summed E-state index contributed by atoms with van der Waals surface area (Å²) in [6.45, 7) is 1.96. The van der Waals surface area contributed by atoms with Crippen molar-refractivity contribution in [2.45, 2.75) is 11.8 Å². The summed E-state index contributed by atoms with van der Waals surface area (Å²) in [6, 6.07) is 24.1. The lowest BCUT2D eigenvalue weighted by Gasteiger charge is -2.21. The molecule has 0 saturated heterocycles. The number of carbonyl (C=O) groups excluding carboxylic acids is 2. The minimum Gasteiger partial charge on any atom is -0.339 e. The van der Waals surface area contributed by atoms with Crippen molar-refractivity contribution in [3.8, 4) is 0 Å². The van der Waals surface area contributed by atoms with Gasteiger partial charge in [0.15, 0.2) is 0 Å². The van der Waals surface area contributed by atoms with Crippen molar-refractivity contribution >= 4 is 46.6 Å². The molecular formula is C24H19ClN2O2S. The molecule has 4 rings (SSSR count). The number of anilines is 2. The average Bonchev–Trinajstić information content (AvgIpc) is 3.00. The maximum atomic E-state index is 13.4. The highest BCUT2D eigenvalue weighted by molar-refractivity contribution is 8.04. The fraction of sp³-hybridized carbons (Fsp3) is 0.0833. The summed E-state index contributed by atoms with van der Waals surface area (Å²) < 4.78 is 0. The Bertz CT molecular complexity index is 1130. The number of para-hydroxylation sites is 1. The van der Waals surface area contributed by atoms with Crippen molar-refractivity contribution in [1.29, 1.82) is 0 Å². The van der Waals surface area contributed by atoms with Crippen LogP contribution in [0.3, 0.4) is 0 Å². The van der Waals surface area contributed by atoms with Gasteiger partial charge < -0.3 is 4.90 Å². The van der Waals surface area contributed by atoms with Crippen LogP contribution in [0.1, 0.15) is 5.56 Å². The van der Waals surface area contributed by atoms with Crippen molar-refractivity contribution < 1.29 is 9.59 Å². The second kappa shape index (κ2) is 8.38. The normalized spacial score (nSPS) is 13.9. The number of imide groups is 1. The van der Waals surface area contributed by atoms with Gasteiger partial charge in [-0.3, -0.25) is 9.59 Å². The van der Waals surface area contributed by atoms with Crippen LogP contribution in [0, 0.1) is 6.92 Å². The summed E-state index contributed by atoms with van der Waals surface area (Å²) in [5.41, 5.74) is 2.80. The number of likely N-dealkylation sites (N-methyl/N-ethyl adjacent to an activating group) is 1. The van der Waals surface area contributed by atoms with E-state index in [0.29, 0.717) is 21.3 Å². The number of halogens is 1. The van der Waals surface area contributed by atoms with E-state index in [9.17, 15) is 9.59 Å². The molecule has 4 nitrogen and oxygen atoms in total. The fourth-order valence-electron chi connectivity index (χ4n) is 3.22. The lowest BCUT2D eigenvalue weighted by molar-refractivity contribution is -0.120. The van der Waals surface area contributed by atoms with E-state index in [2.05, 4.69) is 0 Å². The van der Waals surface area contributed by atoms with Gasteiger partial charge in [0.2, 0.25) is 0 Å². The highest BCUT2D eigenvalue weighted by atomic mass is 35.5. The molecule has 0 bridgehead atoms. The molecule has 3 aromatic carbocycles. The fourth-order valence-corrected chi connectivity index (χ4v) is 4.35. The van der Waals surface area contributed by atoms with Crippen molar-refractivity contribution in [1.82, 2.24) is 0 Å². The van der Waals surface area contributed by atoms with Gasteiger partial charge in [0.05, 0.1) is 5.69 Å². The quantitative estimate of drug-likeness (QED) is 0.485. The molecule has 0 aromatic heterocycles. The molecule has 0 radical (unpaired) electrons. The summed E-state index contributed by atoms with van der Waals surface area (Å²) in [5.74, 6) is -0.673. The van der Waals surface area contributed by atoms with Crippen LogP contribution in [0.4, 0.5) is 11.4 Å². The molecule has 1 aliphatic rings. The number of benzene rings is 3. The zero-order valence-corrected chi connectivity index (χ0v) is 18.1. The highest BCUT2D eigenvalue weighted by Gasteiger charge is 2.42. The average molecular weight is 435 g/mol. The Morgan fingerprint density at radius 1 is 0.833 bits per heavy atom. The van der Waals surface area contributed by atoms with E-state index in [0.717, 1.165) is 16.1 Å². The summed E-state index contributed by atoms with van der Waals surface area (Å²) in [5, 5.41) is 0.616. The SMILES string of the molecule is Cc1ccc(N2C(=O)C(Sc3ccc(Cl)cc3)=C(N(C)c3ccccc3)C2=O)cc1. The zero-order valence-electron chi connectivity index (χ0n) is 16.5. The molecule has 0 aliphatic carbocycles. The minimum absolute atomic E-state index is 0.332. The molecule has 1 heterocycles. The Morgan fingerprint density at radius 2 is 1.47 bits per heavy atom. The Labute approximate surface area is 184 Å². The number of nitrogens with zero attached hydrogens (tertiary/aromatic N) is 2. The molecule has 3 aromatic rings. The van der Waals surface area contributed by atoms with E-state index in [4.69, 9.17) is 11.6 Å². The first kappa shape index (κ1) is 20.3. The molecule has 0 fully saturated rings. The molecule has 6 heteroatoms. The number of carbonyl (C=O) groups is 2. The van der Waals surface area contributed by atoms with E-state index in [-0.39, 0.29) is 11.8 Å². The molecular weight excluding hydrogens is 416 g/mol. The molecule has 0 saturated carbocycles. The molecule has 0 spiro atoms. The minimum atomic E-state index is -0.341. The molecule has 0 N–H and O–H groups in total. The van der Waals surface area contributed by atoms with E-state index in [1.54, 1.807) is 36.2 Å². The Morgan fingerprint density at radius 3 is 2.10 bits per heavy atom. The second-order valence-electron chi connectivity index (χ2n) is 6.91. The van der Waals surface area contributed by atoms with Crippen LogP contribution in [-0.2, 0) is 9.59 Å². The molecule has 0 unspecified atom stereocenters. The number of amides is 2. The van der Waals surface area contributed by atoms with Crippen molar-refractivity contribution in [2.24, 2.45) is 0 Å². The summed E-state index contributed by atoms with van der Waals surface area (Å²) >= 11 is 7.27. The van der Waals surface area contributed by atoms with Gasteiger partial charge in [-0.1, -0.05) is 59.3 Å². The van der Waals surface area contributed by atoms with Crippen LogP contribution in [0.15, 0.2) is 94.4 Å². The van der Waals surface area contributed by atoms with Crippen molar-refractivity contribution in [3.05, 3.63) is 100 Å². The first-order valence-corrected chi connectivity index (χ1v) is 10.6. The maximum absolute atomic E-state index is 13.4. The van der Waals surface area contributed by atoms with Crippen molar-refractivity contribution in [2.75, 3.05) is 16.8 Å². The summed E-state index contributed by atoms with van der Waals surface area (Å²) in [4.78, 5) is 31.1. The maximum Gasteiger partial charge on any atom is 0.283 e. The third-order valence-electron chi connectivity index (χ3n) is 4.82. The topological polar surface area (TPSA) is 40.6 Å². The van der Waals surface area contributed by atoms with Gasteiger partial charge in [0.25, 0.3) is 11.8 Å². The Hall–Kier alpha value is -3.02. The van der Waals surface area contributed by atoms with Gasteiger partial charge in [-0.25, -0.2) is 4.90 Å². The van der Waals surface area contributed by atoms with Gasteiger partial charge in [-0.05, 0) is 55.5 Å². The smallest absolute Gasteiger partial charge is 0.283 e. The van der Waals surface area contributed by atoms with Crippen LogP contribution in [0.5, 0.6) is 0 Å². The van der Waals surface area contributed by atoms with Crippen LogP contribution in [0.25, 0.3) is 0 Å². The summed E-state index contributed by atoms with van der Waals surface area (Å²) in [6.07, 6.45) is 0. The lowest BCUT2D eigenvalue weighted by atomic mass is 10.2. The monoisotopic (exact) mass is 434 g/mol. The lowest BCUT2D eigenvalue weighted by Crippen LogP contribution is -2.34. The van der Waals surface area contributed by atoms with Gasteiger partial charge >= 0.3 is 0 Å². The third kappa shape index (κ3) is 3.86. The van der Waals surface area contributed by atoms with E-state index in [1.807, 2.05) is 61.5 Å². The molecule has 2 amide bonds. The van der Waals surface area contributed by atoms with Gasteiger partial charge in [-0.15, -0.1) is 0 Å². The second-order valence-corrected chi connectivity index (χ2v) is 8.43. The van der Waals surface area contributed by atoms with Crippen LogP contribution in [0.2, 0.25) is 5.02 Å². The Kier molecular flexibility index (Phi) is 5.66. The molecule has 1 aliphatic heterocycles. The molecule has 30 heavy (non-hydrogen) atoms. The van der Waals surface area contributed by atoms with Gasteiger partial charge in [-0.2, -0.15) is 0 Å². The van der Waals surface area contributed by atoms with E-state index >= 15 is 0 Å². The predicted molar refractivity (Wildman–Crippen MR) is 123 cm³/mol. The number of thioether (sulfide) groups is 1. The Balaban J connectivity index is 1.78. The first-order chi connectivity index (χ1) is 14.5. The number of rotatable bonds is 5. The number of hydrogen-bond acceptors (Lipinski definition) is 4. The van der Waals surface area contributed by atoms with Crippen LogP contribution < -0.4 is 9.80 Å². The highest BCUT2D eigenvalue weighted by Crippen LogP contribution is 2.39. The largest absolute Gasteiger partial charge is 0.339 e. The van der Waals surface area contributed by atoms with E-state index in [1.165, 1.54) is 16.7 Å². The van der Waals surface area contributed by atoms with Crippen LogP contribution in [-0.4, -0.2) is 18.9 Å². The van der Waals surface area contributed by atoms with Gasteiger partial charge in [0, 0.05) is 22.7 Å². The third-order valence-corrected chi connectivity index (χ3v) is 6.15. The molecule has 150 valence electrons. The van der Waals surface area contributed by atoms with Gasteiger partial charge in [0.1, 0.15) is 10.6 Å².